The van der Waals surface area contributed by atoms with Crippen molar-refractivity contribution >= 4 is 34.1 Å². The zero-order chi connectivity index (χ0) is 24.8. The third kappa shape index (κ3) is 5.84. The van der Waals surface area contributed by atoms with Gasteiger partial charge in [0.1, 0.15) is 5.75 Å². The minimum atomic E-state index is -0.139. The van der Waals surface area contributed by atoms with Crippen LogP contribution in [0.5, 0.6) is 5.75 Å². The number of likely N-dealkylation sites (tertiary alicyclic amines) is 1. The molecule has 3 aromatic rings. The molecule has 1 aliphatic rings. The smallest absolute Gasteiger partial charge is 0.255 e. The number of aromatic nitrogens is 1. The summed E-state index contributed by atoms with van der Waals surface area (Å²) in [7, 11) is 1.58. The third-order valence-corrected chi connectivity index (χ3v) is 6.74. The Bertz CT molecular complexity index is 1260. The maximum absolute atomic E-state index is 13.4. The number of pyridine rings is 1. The van der Waals surface area contributed by atoms with E-state index in [2.05, 4.69) is 33.5 Å². The number of carbonyl (C=O) groups excluding carboxylic acids is 1. The number of ether oxygens (including phenoxy) is 1. The molecule has 0 bridgehead atoms. The Kier molecular flexibility index (Phi) is 8.06. The Morgan fingerprint density at radius 2 is 2.11 bits per heavy atom. The number of fused-ring (bicyclic) bond motifs is 1. The number of nitrogens with zero attached hydrogens (tertiary/aromatic N) is 3. The van der Waals surface area contributed by atoms with Crippen molar-refractivity contribution in [2.24, 2.45) is 0 Å². The Labute approximate surface area is 211 Å². The molecule has 0 spiro atoms. The van der Waals surface area contributed by atoms with Gasteiger partial charge < -0.3 is 20.3 Å². The SMILES string of the molecule is CCN1CCC(NC(=O)c2cnc3ccc(CCC#N)cc3c2NCc2ccc(OC)c(Cl)c2)C1. The number of hydrogen-bond donors (Lipinski definition) is 2. The van der Waals surface area contributed by atoms with Gasteiger partial charge in [-0.1, -0.05) is 30.7 Å². The molecule has 1 saturated heterocycles. The number of carbonyl (C=O) groups is 1. The second-order valence-electron chi connectivity index (χ2n) is 8.73. The molecule has 1 unspecified atom stereocenters. The molecule has 2 N–H and O–H groups in total. The molecule has 0 saturated carbocycles. The van der Waals surface area contributed by atoms with Crippen molar-refractivity contribution in [2.75, 3.05) is 32.1 Å². The molecule has 0 aliphatic carbocycles. The van der Waals surface area contributed by atoms with Crippen LogP contribution < -0.4 is 15.4 Å². The number of methoxy groups -OCH3 is 1. The largest absolute Gasteiger partial charge is 0.495 e. The van der Waals surface area contributed by atoms with Crippen LogP contribution in [0.2, 0.25) is 5.02 Å². The first-order valence-corrected chi connectivity index (χ1v) is 12.3. The molecular weight excluding hydrogens is 462 g/mol. The quantitative estimate of drug-likeness (QED) is 0.447. The molecule has 1 amide bonds. The molecule has 35 heavy (non-hydrogen) atoms. The number of nitrogens with one attached hydrogen (secondary N) is 2. The lowest BCUT2D eigenvalue weighted by atomic mass is 10.0. The summed E-state index contributed by atoms with van der Waals surface area (Å²) in [5.74, 6) is 0.477. The Balaban J connectivity index is 1.66. The number of anilines is 1. The standard InChI is InChI=1S/C27H30ClN5O2/c1-3-33-12-10-20(17-33)32-27(34)22-16-30-24-8-6-18(5-4-11-29)13-21(24)26(22)31-15-19-7-9-25(35-2)23(28)14-19/h6-9,13-14,16,20H,3-5,10,12,15,17H2,1-2H3,(H,30,31)(H,32,34). The summed E-state index contributed by atoms with van der Waals surface area (Å²) in [6, 6.07) is 13.9. The highest BCUT2D eigenvalue weighted by Crippen LogP contribution is 2.30. The lowest BCUT2D eigenvalue weighted by Gasteiger charge is -2.18. The fourth-order valence-electron chi connectivity index (χ4n) is 4.47. The lowest BCUT2D eigenvalue weighted by Crippen LogP contribution is -2.37. The third-order valence-electron chi connectivity index (χ3n) is 6.44. The predicted octanol–water partition coefficient (Wildman–Crippen LogP) is 4.79. The van der Waals surface area contributed by atoms with Crippen LogP contribution in [0.3, 0.4) is 0 Å². The van der Waals surface area contributed by atoms with Crippen LogP contribution in [0.25, 0.3) is 10.9 Å². The van der Waals surface area contributed by atoms with Crippen LogP contribution in [0.1, 0.15) is 41.3 Å². The minimum absolute atomic E-state index is 0.119. The van der Waals surface area contributed by atoms with Gasteiger partial charge in [0.25, 0.3) is 5.91 Å². The van der Waals surface area contributed by atoms with Gasteiger partial charge in [-0.15, -0.1) is 0 Å². The van der Waals surface area contributed by atoms with Crippen molar-refractivity contribution in [3.63, 3.8) is 0 Å². The second-order valence-corrected chi connectivity index (χ2v) is 9.14. The van der Waals surface area contributed by atoms with Gasteiger partial charge in [-0.2, -0.15) is 5.26 Å². The zero-order valence-corrected chi connectivity index (χ0v) is 20.9. The second kappa shape index (κ2) is 11.4. The number of benzene rings is 2. The molecule has 182 valence electrons. The molecule has 0 radical (unpaired) electrons. The van der Waals surface area contributed by atoms with E-state index in [9.17, 15) is 4.79 Å². The number of nitriles is 1. The van der Waals surface area contributed by atoms with Crippen LogP contribution in [0, 0.1) is 11.3 Å². The van der Waals surface area contributed by atoms with Crippen LogP contribution in [-0.2, 0) is 13.0 Å². The van der Waals surface area contributed by atoms with E-state index in [4.69, 9.17) is 21.6 Å². The minimum Gasteiger partial charge on any atom is -0.495 e. The maximum atomic E-state index is 13.4. The van der Waals surface area contributed by atoms with E-state index in [0.29, 0.717) is 35.7 Å². The fourth-order valence-corrected chi connectivity index (χ4v) is 4.75. The topological polar surface area (TPSA) is 90.3 Å². The van der Waals surface area contributed by atoms with Crippen molar-refractivity contribution < 1.29 is 9.53 Å². The highest BCUT2D eigenvalue weighted by molar-refractivity contribution is 6.32. The van der Waals surface area contributed by atoms with Crippen LogP contribution in [-0.4, -0.2) is 48.6 Å². The van der Waals surface area contributed by atoms with E-state index >= 15 is 0 Å². The van der Waals surface area contributed by atoms with Crippen molar-refractivity contribution in [3.05, 3.63) is 64.3 Å². The molecule has 4 rings (SSSR count). The van der Waals surface area contributed by atoms with Crippen LogP contribution in [0.15, 0.2) is 42.6 Å². The van der Waals surface area contributed by atoms with Crippen molar-refractivity contribution in [1.82, 2.24) is 15.2 Å². The average molecular weight is 492 g/mol. The number of aryl methyl sites for hydroxylation is 1. The first-order chi connectivity index (χ1) is 17.0. The highest BCUT2D eigenvalue weighted by atomic mass is 35.5. The highest BCUT2D eigenvalue weighted by Gasteiger charge is 2.25. The fraction of sp³-hybridized carbons (Fsp3) is 0.370. The van der Waals surface area contributed by atoms with Gasteiger partial charge >= 0.3 is 0 Å². The summed E-state index contributed by atoms with van der Waals surface area (Å²) in [6.07, 6.45) is 3.65. The molecule has 2 aromatic carbocycles. The number of halogens is 1. The van der Waals surface area contributed by atoms with Crippen LogP contribution in [0.4, 0.5) is 5.69 Å². The normalized spacial score (nSPS) is 15.7. The summed E-state index contributed by atoms with van der Waals surface area (Å²) in [5.41, 5.74) is 4.01. The first-order valence-electron chi connectivity index (χ1n) is 11.9. The van der Waals surface area contributed by atoms with E-state index in [0.717, 1.165) is 53.8 Å². The van der Waals surface area contributed by atoms with Crippen LogP contribution >= 0.6 is 11.6 Å². The van der Waals surface area contributed by atoms with Gasteiger partial charge in [-0.25, -0.2) is 0 Å². The number of hydrogen-bond acceptors (Lipinski definition) is 6. The molecular formula is C27H30ClN5O2. The van der Waals surface area contributed by atoms with Gasteiger partial charge in [0.2, 0.25) is 0 Å². The van der Waals surface area contributed by atoms with Gasteiger partial charge in [0.05, 0.1) is 35.0 Å². The number of amides is 1. The van der Waals surface area contributed by atoms with Gasteiger partial charge in [-0.05, 0) is 54.8 Å². The lowest BCUT2D eigenvalue weighted by molar-refractivity contribution is 0.0938. The number of rotatable bonds is 9. The van der Waals surface area contributed by atoms with E-state index in [1.165, 1.54) is 0 Å². The van der Waals surface area contributed by atoms with Crippen molar-refractivity contribution in [2.45, 2.75) is 38.8 Å². The summed E-state index contributed by atoms with van der Waals surface area (Å²) >= 11 is 6.32. The Morgan fingerprint density at radius 1 is 1.29 bits per heavy atom. The molecule has 1 aromatic heterocycles. The maximum Gasteiger partial charge on any atom is 0.255 e. The Hall–Kier alpha value is -3.34. The van der Waals surface area contributed by atoms with E-state index < -0.39 is 0 Å². The first kappa shape index (κ1) is 24.8. The molecule has 7 nitrogen and oxygen atoms in total. The van der Waals surface area contributed by atoms with Gasteiger partial charge in [-0.3, -0.25) is 9.78 Å². The monoisotopic (exact) mass is 491 g/mol. The van der Waals surface area contributed by atoms with Gasteiger partial charge in [0.15, 0.2) is 0 Å². The summed E-state index contributed by atoms with van der Waals surface area (Å²) in [4.78, 5) is 20.3. The van der Waals surface area contributed by atoms with E-state index in [1.807, 2.05) is 36.4 Å². The van der Waals surface area contributed by atoms with E-state index in [-0.39, 0.29) is 11.9 Å². The predicted molar refractivity (Wildman–Crippen MR) is 139 cm³/mol. The van der Waals surface area contributed by atoms with E-state index in [1.54, 1.807) is 13.3 Å². The molecule has 8 heteroatoms. The van der Waals surface area contributed by atoms with Gasteiger partial charge in [0, 0.05) is 43.7 Å². The summed E-state index contributed by atoms with van der Waals surface area (Å²) < 4.78 is 5.26. The van der Waals surface area contributed by atoms with Crippen molar-refractivity contribution in [3.8, 4) is 11.8 Å². The van der Waals surface area contributed by atoms with Crippen molar-refractivity contribution in [1.29, 1.82) is 5.26 Å². The zero-order valence-electron chi connectivity index (χ0n) is 20.1. The molecule has 1 fully saturated rings. The molecule has 1 aliphatic heterocycles. The summed E-state index contributed by atoms with van der Waals surface area (Å²) in [5, 5.41) is 17.1. The molecule has 1 atom stereocenters. The number of likely N-dealkylation sites (N-methyl/N-ethyl adjacent to an activating group) is 1. The average Bonchev–Trinajstić information content (AvgIpc) is 3.33. The summed E-state index contributed by atoms with van der Waals surface area (Å²) in [6.45, 7) is 5.43. The molecule has 2 heterocycles. The Morgan fingerprint density at radius 3 is 2.83 bits per heavy atom.